The average molecular weight is 271 g/mol. The summed E-state index contributed by atoms with van der Waals surface area (Å²) in [5, 5.41) is 10.5. The van der Waals surface area contributed by atoms with Crippen LogP contribution in [0.3, 0.4) is 0 Å². The van der Waals surface area contributed by atoms with Crippen LogP contribution < -0.4 is 5.73 Å². The number of rotatable bonds is 4. The minimum atomic E-state index is -2.53. The third-order valence-electron chi connectivity index (χ3n) is 3.95. The second-order valence-corrected chi connectivity index (χ2v) is 5.05. The molecular weight excluding hydrogens is 252 g/mol. The smallest absolute Gasteiger partial charge is 0.263 e. The van der Waals surface area contributed by atoms with Crippen LogP contribution in [-0.4, -0.2) is 24.9 Å². The Hall–Kier alpha value is -1.04. The zero-order valence-corrected chi connectivity index (χ0v) is 10.7. The molecule has 0 saturated carbocycles. The highest BCUT2D eigenvalue weighted by atomic mass is 19.3. The van der Waals surface area contributed by atoms with Crippen LogP contribution >= 0.6 is 0 Å². The van der Waals surface area contributed by atoms with Crippen LogP contribution in [0.4, 0.5) is 8.78 Å². The second kappa shape index (κ2) is 5.94. The third-order valence-corrected chi connectivity index (χ3v) is 3.95. The fraction of sp³-hybridized carbons (Fsp3) is 0.571. The quantitative estimate of drug-likeness (QED) is 0.884. The number of nitrogens with two attached hydrogens (primary N) is 1. The normalized spacial score (nSPS) is 20.5. The van der Waals surface area contributed by atoms with Crippen molar-refractivity contribution in [2.45, 2.75) is 25.4 Å². The van der Waals surface area contributed by atoms with Crippen LogP contribution in [0, 0.1) is 5.41 Å². The highest BCUT2D eigenvalue weighted by molar-refractivity contribution is 5.27. The molecule has 5 heteroatoms. The Morgan fingerprint density at radius 1 is 1.26 bits per heavy atom. The van der Waals surface area contributed by atoms with E-state index in [9.17, 15) is 13.9 Å². The summed E-state index contributed by atoms with van der Waals surface area (Å²) in [6, 6.07) is 5.94. The number of aliphatic hydroxyl groups is 1. The number of alkyl halides is 2. The standard InChI is InChI=1S/C14H19F2NO2/c15-13(16)11-3-1-2-10(8-11)12(18)14(9-17)4-6-19-7-5-14/h1-3,8,12-13,18H,4-7,9,17H2. The van der Waals surface area contributed by atoms with E-state index in [1.165, 1.54) is 12.1 Å². The van der Waals surface area contributed by atoms with E-state index in [1.807, 2.05) is 0 Å². The number of hydrogen-bond acceptors (Lipinski definition) is 3. The van der Waals surface area contributed by atoms with Crippen LogP contribution in [0.2, 0.25) is 0 Å². The van der Waals surface area contributed by atoms with E-state index in [1.54, 1.807) is 12.1 Å². The maximum Gasteiger partial charge on any atom is 0.263 e. The van der Waals surface area contributed by atoms with Crippen molar-refractivity contribution in [3.8, 4) is 0 Å². The van der Waals surface area contributed by atoms with Gasteiger partial charge in [-0.25, -0.2) is 8.78 Å². The summed E-state index contributed by atoms with van der Waals surface area (Å²) in [6.45, 7) is 1.40. The van der Waals surface area contributed by atoms with Crippen molar-refractivity contribution in [3.05, 3.63) is 35.4 Å². The Labute approximate surface area is 111 Å². The number of halogens is 2. The molecule has 1 aliphatic heterocycles. The lowest BCUT2D eigenvalue weighted by Gasteiger charge is -2.40. The van der Waals surface area contributed by atoms with Crippen molar-refractivity contribution in [1.29, 1.82) is 0 Å². The first-order valence-electron chi connectivity index (χ1n) is 6.43. The van der Waals surface area contributed by atoms with Crippen molar-refractivity contribution in [2.24, 2.45) is 11.1 Å². The van der Waals surface area contributed by atoms with E-state index >= 15 is 0 Å². The summed E-state index contributed by atoms with van der Waals surface area (Å²) in [4.78, 5) is 0. The maximum atomic E-state index is 12.7. The van der Waals surface area contributed by atoms with Crippen molar-refractivity contribution >= 4 is 0 Å². The highest BCUT2D eigenvalue weighted by Gasteiger charge is 2.39. The Morgan fingerprint density at radius 2 is 1.89 bits per heavy atom. The molecule has 1 saturated heterocycles. The summed E-state index contributed by atoms with van der Waals surface area (Å²) in [5.41, 5.74) is 5.77. The zero-order valence-electron chi connectivity index (χ0n) is 10.7. The number of benzene rings is 1. The summed E-state index contributed by atoms with van der Waals surface area (Å²) >= 11 is 0. The molecule has 1 aromatic rings. The van der Waals surface area contributed by atoms with Gasteiger partial charge in [0.05, 0.1) is 6.10 Å². The monoisotopic (exact) mass is 271 g/mol. The van der Waals surface area contributed by atoms with Crippen molar-refractivity contribution in [2.75, 3.05) is 19.8 Å². The molecule has 0 aliphatic carbocycles. The van der Waals surface area contributed by atoms with Gasteiger partial charge < -0.3 is 15.6 Å². The van der Waals surface area contributed by atoms with E-state index in [0.29, 0.717) is 38.2 Å². The average Bonchev–Trinajstić information content (AvgIpc) is 2.47. The number of aliphatic hydroxyl groups excluding tert-OH is 1. The van der Waals surface area contributed by atoms with Gasteiger partial charge in [-0.05, 0) is 24.5 Å². The van der Waals surface area contributed by atoms with E-state index in [2.05, 4.69) is 0 Å². The highest BCUT2D eigenvalue weighted by Crippen LogP contribution is 2.42. The Kier molecular flexibility index (Phi) is 4.50. The second-order valence-electron chi connectivity index (χ2n) is 5.05. The van der Waals surface area contributed by atoms with Gasteiger partial charge >= 0.3 is 0 Å². The van der Waals surface area contributed by atoms with Crippen LogP contribution in [0.25, 0.3) is 0 Å². The Morgan fingerprint density at radius 3 is 2.47 bits per heavy atom. The van der Waals surface area contributed by atoms with Crippen molar-refractivity contribution < 1.29 is 18.6 Å². The molecule has 19 heavy (non-hydrogen) atoms. The lowest BCUT2D eigenvalue weighted by atomic mass is 9.73. The van der Waals surface area contributed by atoms with Gasteiger partial charge in [0.1, 0.15) is 0 Å². The van der Waals surface area contributed by atoms with Crippen LogP contribution in [0.15, 0.2) is 24.3 Å². The number of hydrogen-bond donors (Lipinski definition) is 2. The van der Waals surface area contributed by atoms with Crippen molar-refractivity contribution in [1.82, 2.24) is 0 Å². The minimum absolute atomic E-state index is 0.0734. The molecule has 0 aromatic heterocycles. The lowest BCUT2D eigenvalue weighted by Crippen LogP contribution is -2.41. The van der Waals surface area contributed by atoms with Crippen LogP contribution in [-0.2, 0) is 4.74 Å². The lowest BCUT2D eigenvalue weighted by molar-refractivity contribution is -0.0582. The molecule has 1 unspecified atom stereocenters. The minimum Gasteiger partial charge on any atom is -0.388 e. The van der Waals surface area contributed by atoms with Gasteiger partial charge in [0, 0.05) is 30.7 Å². The predicted octanol–water partition coefficient (Wildman–Crippen LogP) is 2.41. The van der Waals surface area contributed by atoms with E-state index < -0.39 is 17.9 Å². The third kappa shape index (κ3) is 2.94. The molecule has 1 aliphatic rings. The summed E-state index contributed by atoms with van der Waals surface area (Å²) in [7, 11) is 0. The molecule has 2 rings (SSSR count). The molecule has 1 atom stereocenters. The van der Waals surface area contributed by atoms with Crippen LogP contribution in [0.5, 0.6) is 0 Å². The van der Waals surface area contributed by atoms with Gasteiger partial charge in [0.2, 0.25) is 0 Å². The molecule has 0 radical (unpaired) electrons. The SMILES string of the molecule is NCC1(C(O)c2cccc(C(F)F)c2)CCOCC1. The predicted molar refractivity (Wildman–Crippen MR) is 67.9 cm³/mol. The first-order valence-corrected chi connectivity index (χ1v) is 6.43. The fourth-order valence-corrected chi connectivity index (χ4v) is 2.59. The van der Waals surface area contributed by atoms with Crippen molar-refractivity contribution in [3.63, 3.8) is 0 Å². The molecule has 1 heterocycles. The number of ether oxygens (including phenoxy) is 1. The van der Waals surface area contributed by atoms with Gasteiger partial charge in [-0.15, -0.1) is 0 Å². The van der Waals surface area contributed by atoms with Gasteiger partial charge in [0.25, 0.3) is 6.43 Å². The van der Waals surface area contributed by atoms with Gasteiger partial charge in [-0.3, -0.25) is 0 Å². The molecule has 0 spiro atoms. The van der Waals surface area contributed by atoms with Gasteiger partial charge in [-0.1, -0.05) is 18.2 Å². The molecule has 106 valence electrons. The van der Waals surface area contributed by atoms with Crippen LogP contribution in [0.1, 0.15) is 36.5 Å². The molecule has 3 nitrogen and oxygen atoms in total. The molecule has 0 bridgehead atoms. The molecule has 3 N–H and O–H groups in total. The Bertz CT molecular complexity index is 420. The molecular formula is C14H19F2NO2. The summed E-state index contributed by atoms with van der Waals surface area (Å²) in [5.74, 6) is 0. The maximum absolute atomic E-state index is 12.7. The van der Waals surface area contributed by atoms with E-state index in [4.69, 9.17) is 10.5 Å². The molecule has 1 aromatic carbocycles. The zero-order chi connectivity index (χ0) is 13.9. The van der Waals surface area contributed by atoms with E-state index in [-0.39, 0.29) is 5.56 Å². The molecule has 0 amide bonds. The molecule has 1 fully saturated rings. The Balaban J connectivity index is 2.26. The first-order chi connectivity index (χ1) is 9.09. The first kappa shape index (κ1) is 14.4. The largest absolute Gasteiger partial charge is 0.388 e. The summed E-state index contributed by atoms with van der Waals surface area (Å²) in [6.07, 6.45) is -2.08. The van der Waals surface area contributed by atoms with Gasteiger partial charge in [-0.2, -0.15) is 0 Å². The fourth-order valence-electron chi connectivity index (χ4n) is 2.59. The topological polar surface area (TPSA) is 55.5 Å². The summed E-state index contributed by atoms with van der Waals surface area (Å²) < 4.78 is 30.7. The van der Waals surface area contributed by atoms with Gasteiger partial charge in [0.15, 0.2) is 0 Å². The van der Waals surface area contributed by atoms with E-state index in [0.717, 1.165) is 0 Å².